The van der Waals surface area contributed by atoms with Gasteiger partial charge in [-0.2, -0.15) is 0 Å². The highest BCUT2D eigenvalue weighted by Crippen LogP contribution is 2.54. The first-order valence-electron chi connectivity index (χ1n) is 28.1. The number of hydrogen-bond donors (Lipinski definition) is 1. The third-order valence-corrected chi connectivity index (χ3v) is 17.2. The molecule has 1 aliphatic carbocycles. The molecule has 78 heavy (non-hydrogen) atoms. The van der Waals surface area contributed by atoms with Gasteiger partial charge in [0.05, 0.1) is 16.4 Å². The molecule has 387 valence electrons. The highest BCUT2D eigenvalue weighted by Gasteiger charge is 2.39. The molecule has 5 heteroatoms. The summed E-state index contributed by atoms with van der Waals surface area (Å²) in [6, 6.07) is 64.3. The molecule has 2 aliphatic rings. The third kappa shape index (κ3) is 7.85. The van der Waals surface area contributed by atoms with Gasteiger partial charge in [-0.3, -0.25) is 0 Å². The summed E-state index contributed by atoms with van der Waals surface area (Å²) in [5, 5.41) is 8.63. The number of hydrogen-bond acceptors (Lipinski definition) is 3. The van der Waals surface area contributed by atoms with Gasteiger partial charge in [-0.05, 0) is 156 Å². The van der Waals surface area contributed by atoms with E-state index in [4.69, 9.17) is 4.42 Å². The second-order valence-electron chi connectivity index (χ2n) is 27.0. The molecule has 0 unspecified atom stereocenters. The Labute approximate surface area is 462 Å². The van der Waals surface area contributed by atoms with Crippen molar-refractivity contribution in [2.45, 2.75) is 124 Å². The number of nitrogens with zero attached hydrogens (tertiary/aromatic N) is 2. The van der Waals surface area contributed by atoms with E-state index >= 15 is 0 Å². The summed E-state index contributed by atoms with van der Waals surface area (Å²) in [6.45, 7) is 32.3. The van der Waals surface area contributed by atoms with Crippen molar-refractivity contribution in [2.75, 3.05) is 10.2 Å². The SMILES string of the molecule is CC(C)(C)c1ccc(Nc2cc3c(cc2-c2c4c5c(c6cc(C(C)(C)C)ccc6n5-c5cc(N(c6ccc(C(C)(C)C)cc6)c6ccc(C(C)(C)C)cc6)ccc5[B]4)c4oc5ccccc5c24)C(C)(C)c2ccccc2-3)cc1. The van der Waals surface area contributed by atoms with Gasteiger partial charge in [-0.1, -0.05) is 193 Å². The quantitative estimate of drug-likeness (QED) is 0.169. The zero-order chi connectivity index (χ0) is 54.6. The number of benzene rings is 9. The Balaban J connectivity index is 1.12. The molecule has 2 aromatic heterocycles. The largest absolute Gasteiger partial charge is 0.455 e. The summed E-state index contributed by atoms with van der Waals surface area (Å²) in [6.07, 6.45) is 0. The summed E-state index contributed by atoms with van der Waals surface area (Å²) < 4.78 is 9.93. The minimum atomic E-state index is -0.233. The maximum Gasteiger partial charge on any atom is 0.197 e. The summed E-state index contributed by atoms with van der Waals surface area (Å²) in [5.74, 6) is 0. The monoisotopic (exact) mass is 1020 g/mol. The van der Waals surface area contributed by atoms with E-state index in [0.717, 1.165) is 83.5 Å². The van der Waals surface area contributed by atoms with Crippen molar-refractivity contribution in [1.29, 1.82) is 0 Å². The molecule has 0 bridgehead atoms. The van der Waals surface area contributed by atoms with Crippen LogP contribution < -0.4 is 21.1 Å². The second-order valence-corrected chi connectivity index (χ2v) is 27.0. The molecule has 3 heterocycles. The maximum atomic E-state index is 7.36. The summed E-state index contributed by atoms with van der Waals surface area (Å²) >= 11 is 0. The third-order valence-electron chi connectivity index (χ3n) is 17.2. The van der Waals surface area contributed by atoms with Gasteiger partial charge in [0.15, 0.2) is 7.28 Å². The average Bonchev–Trinajstić information content (AvgIpc) is 3.27. The smallest absolute Gasteiger partial charge is 0.197 e. The van der Waals surface area contributed by atoms with E-state index in [2.05, 4.69) is 289 Å². The Morgan fingerprint density at radius 3 is 1.68 bits per heavy atom. The topological polar surface area (TPSA) is 33.3 Å². The van der Waals surface area contributed by atoms with Crippen molar-refractivity contribution in [1.82, 2.24) is 4.57 Å². The zero-order valence-electron chi connectivity index (χ0n) is 48.0. The van der Waals surface area contributed by atoms with E-state index in [-0.39, 0.29) is 27.1 Å². The second kappa shape index (κ2) is 17.1. The van der Waals surface area contributed by atoms with E-state index in [1.165, 1.54) is 60.9 Å². The van der Waals surface area contributed by atoms with E-state index < -0.39 is 0 Å². The first kappa shape index (κ1) is 49.8. The van der Waals surface area contributed by atoms with Gasteiger partial charge >= 0.3 is 0 Å². The molecule has 13 rings (SSSR count). The molecular formula is C73H71BN3O. The zero-order valence-corrected chi connectivity index (χ0v) is 48.0. The average molecular weight is 1020 g/mol. The lowest BCUT2D eigenvalue weighted by Crippen LogP contribution is -2.37. The van der Waals surface area contributed by atoms with Gasteiger partial charge in [0, 0.05) is 61.3 Å². The minimum absolute atomic E-state index is 0.0279. The Kier molecular flexibility index (Phi) is 10.9. The lowest BCUT2D eigenvalue weighted by Gasteiger charge is -2.30. The van der Waals surface area contributed by atoms with Crippen LogP contribution in [0.3, 0.4) is 0 Å². The van der Waals surface area contributed by atoms with Gasteiger partial charge in [0.25, 0.3) is 0 Å². The van der Waals surface area contributed by atoms with E-state index in [0.29, 0.717) is 0 Å². The maximum absolute atomic E-state index is 7.36. The first-order chi connectivity index (χ1) is 36.9. The predicted molar refractivity (Wildman–Crippen MR) is 335 cm³/mol. The van der Waals surface area contributed by atoms with Crippen LogP contribution in [0, 0.1) is 0 Å². The molecule has 0 fully saturated rings. The molecule has 0 saturated heterocycles. The molecule has 0 spiro atoms. The number of nitrogens with one attached hydrogen (secondary N) is 1. The highest BCUT2D eigenvalue weighted by atomic mass is 16.3. The van der Waals surface area contributed by atoms with Crippen LogP contribution in [-0.4, -0.2) is 11.8 Å². The molecule has 4 nitrogen and oxygen atoms in total. The number of para-hydroxylation sites is 1. The van der Waals surface area contributed by atoms with Crippen LogP contribution in [0.1, 0.15) is 130 Å². The number of aromatic nitrogens is 1. The Hall–Kier alpha value is -7.76. The van der Waals surface area contributed by atoms with Crippen molar-refractivity contribution < 1.29 is 4.42 Å². The summed E-state index contributed by atoms with van der Waals surface area (Å²) in [5.41, 5.74) is 25.5. The van der Waals surface area contributed by atoms with Crippen LogP contribution in [0.25, 0.3) is 71.7 Å². The van der Waals surface area contributed by atoms with Gasteiger partial charge in [-0.15, -0.1) is 0 Å². The van der Waals surface area contributed by atoms with Crippen molar-refractivity contribution in [2.24, 2.45) is 0 Å². The Bertz CT molecular complexity index is 4180. The van der Waals surface area contributed by atoms with Crippen molar-refractivity contribution >= 4 is 90.4 Å². The first-order valence-corrected chi connectivity index (χ1v) is 28.1. The molecular weight excluding hydrogens is 946 g/mol. The summed E-state index contributed by atoms with van der Waals surface area (Å²) in [4.78, 5) is 2.43. The Morgan fingerprint density at radius 1 is 0.487 bits per heavy atom. The molecule has 0 amide bonds. The fraction of sp³-hybridized carbons (Fsp3) is 0.260. The van der Waals surface area contributed by atoms with Crippen LogP contribution in [-0.2, 0) is 27.1 Å². The van der Waals surface area contributed by atoms with Crippen LogP contribution in [0.5, 0.6) is 0 Å². The molecule has 1 radical (unpaired) electrons. The number of rotatable bonds is 6. The van der Waals surface area contributed by atoms with E-state index in [1.807, 2.05) is 0 Å². The molecule has 11 aromatic rings. The minimum Gasteiger partial charge on any atom is -0.455 e. The van der Waals surface area contributed by atoms with Crippen LogP contribution in [0.2, 0.25) is 0 Å². The normalized spacial score (nSPS) is 14.0. The molecule has 1 N–H and O–H groups in total. The van der Waals surface area contributed by atoms with Gasteiger partial charge in [-0.25, -0.2) is 0 Å². The number of anilines is 5. The van der Waals surface area contributed by atoms with Gasteiger partial charge in [0.1, 0.15) is 11.2 Å². The van der Waals surface area contributed by atoms with Crippen molar-refractivity contribution in [3.05, 3.63) is 203 Å². The van der Waals surface area contributed by atoms with Crippen LogP contribution in [0.15, 0.2) is 174 Å². The van der Waals surface area contributed by atoms with Gasteiger partial charge < -0.3 is 19.2 Å². The van der Waals surface area contributed by atoms with Gasteiger partial charge in [0.2, 0.25) is 0 Å². The highest BCUT2D eigenvalue weighted by molar-refractivity contribution is 6.74. The standard InChI is InChI=1S/C73H71BN3O/c1-69(2,3)43-23-30-47(31-24-43)75-59-42-53-51-19-15-17-21-56(51)73(13,14)57(53)41-54(59)63-64-52-20-16-18-22-62(52)78-68(64)65-55-39-46(72(10,11)12)29-38-60(55)77-61-40-50(36-37-58(61)74-66(63)67(65)77)76(48-32-25-44(26-33-48)70(4,5)6)49-34-27-45(28-35-49)71(7,8)9/h15-42,75H,1-14H3. The lowest BCUT2D eigenvalue weighted by molar-refractivity contribution is 0.590. The van der Waals surface area contributed by atoms with Crippen molar-refractivity contribution in [3.8, 4) is 27.9 Å². The van der Waals surface area contributed by atoms with E-state index in [1.54, 1.807) is 0 Å². The van der Waals surface area contributed by atoms with E-state index in [9.17, 15) is 0 Å². The Morgan fingerprint density at radius 2 is 1.05 bits per heavy atom. The number of fused-ring (bicyclic) bond motifs is 12. The van der Waals surface area contributed by atoms with Crippen LogP contribution in [0.4, 0.5) is 28.4 Å². The molecule has 1 aliphatic heterocycles. The number of furan rings is 1. The predicted octanol–water partition coefficient (Wildman–Crippen LogP) is 19.0. The fourth-order valence-corrected chi connectivity index (χ4v) is 12.7. The van der Waals surface area contributed by atoms with Crippen LogP contribution >= 0.6 is 0 Å². The fourth-order valence-electron chi connectivity index (χ4n) is 12.7. The molecule has 0 atom stereocenters. The lowest BCUT2D eigenvalue weighted by atomic mass is 9.58. The van der Waals surface area contributed by atoms with Crippen molar-refractivity contribution in [3.63, 3.8) is 0 Å². The summed E-state index contributed by atoms with van der Waals surface area (Å²) in [7, 11) is 2.48. The molecule has 9 aromatic carbocycles. The molecule has 0 saturated carbocycles.